The zero-order valence-corrected chi connectivity index (χ0v) is 9.39. The maximum atomic E-state index is 9.00. The van der Waals surface area contributed by atoms with E-state index in [4.69, 9.17) is 9.90 Å². The van der Waals surface area contributed by atoms with E-state index in [2.05, 4.69) is 0 Å². The smallest absolute Gasteiger partial charge is 1.00 e. The van der Waals surface area contributed by atoms with Crippen molar-refractivity contribution in [3.05, 3.63) is 0 Å². The molecule has 0 aliphatic carbocycles. The molecule has 0 saturated heterocycles. The predicted molar refractivity (Wildman–Crippen MR) is 22.4 cm³/mol. The Bertz CT molecular complexity index is 42.8. The van der Waals surface area contributed by atoms with Crippen LogP contribution in [0.4, 0.5) is 0 Å². The molecule has 6 heavy (non-hydrogen) atoms. The van der Waals surface area contributed by atoms with Gasteiger partial charge in [0, 0.05) is 6.92 Å². The Balaban J connectivity index is -0.00000000450. The molecule has 0 aliphatic heterocycles. The Kier molecular flexibility index (Phi) is 27.2. The van der Waals surface area contributed by atoms with Crippen molar-refractivity contribution >= 4 is 43.7 Å². The van der Waals surface area contributed by atoms with Crippen molar-refractivity contribution in [2.75, 3.05) is 0 Å². The van der Waals surface area contributed by atoms with Gasteiger partial charge in [-0.05, 0) is 0 Å². The van der Waals surface area contributed by atoms with Crippen LogP contribution in [0, 0.1) is 0 Å². The van der Waals surface area contributed by atoms with Gasteiger partial charge in [0.15, 0.2) is 0 Å². The van der Waals surface area contributed by atoms with Crippen LogP contribution in [-0.4, -0.2) is 48.8 Å². The van der Waals surface area contributed by atoms with E-state index in [0.717, 1.165) is 6.92 Å². The van der Waals surface area contributed by atoms with Gasteiger partial charge in [-0.15, -0.1) is 0 Å². The Morgan fingerprint density at radius 1 is 1.83 bits per heavy atom. The fourth-order valence-corrected chi connectivity index (χ4v) is 0. The van der Waals surface area contributed by atoms with Crippen molar-refractivity contribution in [2.24, 2.45) is 0 Å². The third-order valence-electron chi connectivity index (χ3n) is 0. The average molecular weight is 142 g/mol. The molecule has 0 aliphatic rings. The fraction of sp³-hybridized carbons (Fsp3) is 0.500. The zero-order valence-electron chi connectivity index (χ0n) is 7.06. The monoisotopic (exact) mass is 142 g/mol. The molecule has 0 saturated carbocycles. The van der Waals surface area contributed by atoms with E-state index in [1.807, 2.05) is 0 Å². The van der Waals surface area contributed by atoms with Gasteiger partial charge < -0.3 is 9.39 Å². The maximum Gasteiger partial charge on any atom is 2.00 e. The number of carboxylic acid groups (broad SMARTS) is 1. The van der Waals surface area contributed by atoms with Crippen molar-refractivity contribution < 1.29 is 65.6 Å². The molecule has 0 bridgehead atoms. The summed E-state index contributed by atoms with van der Waals surface area (Å²) in [6, 6.07) is 0. The number of aliphatic carboxylic acids is 1. The van der Waals surface area contributed by atoms with Gasteiger partial charge in [-0.3, -0.25) is 4.79 Å². The van der Waals surface area contributed by atoms with Gasteiger partial charge in [0.25, 0.3) is 5.97 Å². The molecule has 0 radical (unpaired) electrons. The molecular weight excluding hydrogens is 135 g/mol. The molecule has 0 aromatic rings. The van der Waals surface area contributed by atoms with Crippen LogP contribution in [-0.2, 0) is 4.79 Å². The summed E-state index contributed by atoms with van der Waals surface area (Å²) in [6.07, 6.45) is 0. The molecule has 0 aromatic carbocycles. The summed E-state index contributed by atoms with van der Waals surface area (Å²) in [5.41, 5.74) is 0. The second-order valence-corrected chi connectivity index (χ2v) is 0.519. The minimum Gasteiger partial charge on any atom is -1.00 e. The molecule has 0 atom stereocenters. The summed E-state index contributed by atoms with van der Waals surface area (Å²) in [7, 11) is 0. The molecule has 2 nitrogen and oxygen atoms in total. The minimum atomic E-state index is -0.833. The van der Waals surface area contributed by atoms with Crippen molar-refractivity contribution in [1.29, 1.82) is 0 Å². The van der Waals surface area contributed by atoms with E-state index >= 15 is 0 Å². The van der Waals surface area contributed by atoms with Crippen LogP contribution in [0.3, 0.4) is 0 Å². The van der Waals surface area contributed by atoms with E-state index in [1.54, 1.807) is 0 Å². The molecule has 4 heteroatoms. The Morgan fingerprint density at radius 2 is 1.83 bits per heavy atom. The molecule has 30 valence electrons. The van der Waals surface area contributed by atoms with Gasteiger partial charge in [0.05, 0.1) is 0 Å². The van der Waals surface area contributed by atoms with Crippen LogP contribution in [0.5, 0.6) is 0 Å². The molecule has 0 fully saturated rings. The van der Waals surface area contributed by atoms with Crippen molar-refractivity contribution in [1.82, 2.24) is 0 Å². The minimum absolute atomic E-state index is 0. The van der Waals surface area contributed by atoms with Crippen LogP contribution < -0.4 is 51.4 Å². The Labute approximate surface area is 114 Å². The fourth-order valence-electron chi connectivity index (χ4n) is 0. The van der Waals surface area contributed by atoms with Gasteiger partial charge in [-0.25, -0.2) is 0 Å². The molecule has 0 heterocycles. The second-order valence-electron chi connectivity index (χ2n) is 0.519. The van der Waals surface area contributed by atoms with Crippen LogP contribution in [0.25, 0.3) is 0 Å². The first-order valence-electron chi connectivity index (χ1n) is 0.928. The number of rotatable bonds is 0. The Hall–Kier alpha value is 2.37. The topological polar surface area (TPSA) is 37.3 Å². The number of hydrogen-bond acceptors (Lipinski definition) is 1. The largest absolute Gasteiger partial charge is 2.00 e. The first-order valence-corrected chi connectivity index (χ1v) is 0.928. The average Bonchev–Trinajstić information content (AvgIpc) is 0.811. The molecule has 1 N–H and O–H groups in total. The van der Waals surface area contributed by atoms with Gasteiger partial charge in [0.2, 0.25) is 0 Å². The van der Waals surface area contributed by atoms with Crippen molar-refractivity contribution in [3.63, 3.8) is 0 Å². The molecule has 0 rings (SSSR count). The third kappa shape index (κ3) is 32.7. The molecule has 0 spiro atoms. The number of carboxylic acids is 1. The van der Waals surface area contributed by atoms with E-state index in [9.17, 15) is 0 Å². The summed E-state index contributed by atoms with van der Waals surface area (Å²) in [5.74, 6) is -0.833. The van der Waals surface area contributed by atoms with Crippen molar-refractivity contribution in [3.8, 4) is 0 Å². The maximum absolute atomic E-state index is 9.00. The number of carbonyl (C=O) groups is 1. The van der Waals surface area contributed by atoms with Gasteiger partial charge in [-0.1, -0.05) is 0 Å². The van der Waals surface area contributed by atoms with E-state index in [1.165, 1.54) is 0 Å². The normalized spacial score (nSPS) is 4.17. The van der Waals surface area contributed by atoms with Crippen LogP contribution >= 0.6 is 0 Å². The molecule has 0 unspecified atom stereocenters. The summed E-state index contributed by atoms with van der Waals surface area (Å²) in [5, 5.41) is 7.42. The second kappa shape index (κ2) is 10.4. The van der Waals surface area contributed by atoms with Gasteiger partial charge in [0.1, 0.15) is 0 Å². The van der Waals surface area contributed by atoms with Gasteiger partial charge >= 0.3 is 89.1 Å². The molecular formula is C2H7CaKO2. The summed E-state index contributed by atoms with van der Waals surface area (Å²) >= 11 is 0. The molecule has 0 amide bonds. The van der Waals surface area contributed by atoms with Crippen LogP contribution in [0.1, 0.15) is 11.2 Å². The number of hydrogen-bond donors (Lipinski definition) is 1. The van der Waals surface area contributed by atoms with E-state index in [0.29, 0.717) is 0 Å². The molecule has 0 aromatic heterocycles. The van der Waals surface area contributed by atoms with Crippen molar-refractivity contribution in [2.45, 2.75) is 6.92 Å². The Morgan fingerprint density at radius 3 is 1.83 bits per heavy atom. The first kappa shape index (κ1) is 15.8. The quantitative estimate of drug-likeness (QED) is 0.367. The van der Waals surface area contributed by atoms with Gasteiger partial charge in [-0.2, -0.15) is 0 Å². The van der Waals surface area contributed by atoms with Crippen LogP contribution in [0.15, 0.2) is 0 Å². The SMILES string of the molecule is CC(=O)O.[Ca+2].[H-].[H-].[H-].[K+]. The first-order chi connectivity index (χ1) is 1.73. The standard InChI is InChI=1S/C2H4O2.Ca.K.3H/c1-2(3)4;;;;;/h1H3,(H,3,4);;;;;/q;+2;+1;3*-1. The summed E-state index contributed by atoms with van der Waals surface area (Å²) in [6.45, 7) is 1.08. The summed E-state index contributed by atoms with van der Waals surface area (Å²) < 4.78 is 0. The predicted octanol–water partition coefficient (Wildman–Crippen LogP) is -2.95. The van der Waals surface area contributed by atoms with Crippen LogP contribution in [0.2, 0.25) is 0 Å². The summed E-state index contributed by atoms with van der Waals surface area (Å²) in [4.78, 5) is 9.00. The van der Waals surface area contributed by atoms with E-state index in [-0.39, 0.29) is 93.4 Å². The third-order valence-corrected chi connectivity index (χ3v) is 0. The zero-order chi connectivity index (χ0) is 3.58. The van der Waals surface area contributed by atoms with E-state index < -0.39 is 5.97 Å².